The van der Waals surface area contributed by atoms with Crippen LogP contribution in [0.2, 0.25) is 0 Å². The van der Waals surface area contributed by atoms with Crippen LogP contribution >= 0.6 is 11.8 Å². The van der Waals surface area contributed by atoms with Crippen molar-refractivity contribution in [3.05, 3.63) is 35.0 Å². The predicted octanol–water partition coefficient (Wildman–Crippen LogP) is 4.00. The summed E-state index contributed by atoms with van der Waals surface area (Å²) in [7, 11) is 1.13. The van der Waals surface area contributed by atoms with Crippen molar-refractivity contribution in [2.45, 2.75) is 75.0 Å². The largest absolute Gasteiger partial charge is 0.462 e. The number of carbonyl (C=O) groups excluding carboxylic acids is 2. The Hall–Kier alpha value is -2.68. The summed E-state index contributed by atoms with van der Waals surface area (Å²) in [5, 5.41) is 15.8. The van der Waals surface area contributed by atoms with Crippen molar-refractivity contribution in [1.29, 1.82) is 0 Å². The molecule has 2 saturated heterocycles. The molecule has 45 heavy (non-hydrogen) atoms. The Balaban J connectivity index is 1.43. The Bertz CT molecular complexity index is 1340. The minimum Gasteiger partial charge on any atom is -0.462 e. The average molecular weight is 656 g/mol. The number of methoxy groups -OCH3 is 1. The molecule has 0 saturated carbocycles. The van der Waals surface area contributed by atoms with Crippen LogP contribution in [0.3, 0.4) is 0 Å². The number of benzene rings is 1. The van der Waals surface area contributed by atoms with E-state index in [-0.39, 0.29) is 24.5 Å². The number of hydrogen-bond donors (Lipinski definition) is 1. The van der Waals surface area contributed by atoms with Crippen LogP contribution in [0.25, 0.3) is 11.3 Å². The van der Waals surface area contributed by atoms with Gasteiger partial charge in [0, 0.05) is 66.6 Å². The van der Waals surface area contributed by atoms with Gasteiger partial charge >= 0.3 is 18.1 Å². The Morgan fingerprint density at radius 3 is 2.49 bits per heavy atom. The molecule has 3 aliphatic rings. The fraction of sp³-hybridized carbons (Fsp3) is 0.645. The number of nitrogens with zero attached hydrogens (tertiary/aromatic N) is 5. The number of thioether (sulfide) groups is 1. The number of carbonyl (C=O) groups is 2. The first-order chi connectivity index (χ1) is 21.5. The van der Waals surface area contributed by atoms with Gasteiger partial charge in [0.25, 0.3) is 0 Å². The SMILES string of the molecule is COC(=O)C(=O)N1CCc2c(c(-c3ccc(C(F)(F)F)c(SCCN4CCC(F)CC4)c3)nn2CC(O)CN2CCCCC2)C1. The number of fused-ring (bicyclic) bond motifs is 1. The molecule has 2 fully saturated rings. The zero-order valence-electron chi connectivity index (χ0n) is 25.5. The van der Waals surface area contributed by atoms with E-state index in [1.807, 2.05) is 0 Å². The van der Waals surface area contributed by atoms with Crippen molar-refractivity contribution in [3.8, 4) is 11.3 Å². The molecule has 1 amide bonds. The molecule has 248 valence electrons. The second-order valence-electron chi connectivity index (χ2n) is 12.0. The molecule has 0 radical (unpaired) electrons. The minimum absolute atomic E-state index is 0.0366. The molecular weight excluding hydrogens is 614 g/mol. The summed E-state index contributed by atoms with van der Waals surface area (Å²) in [6.07, 6.45) is -1.52. The zero-order valence-corrected chi connectivity index (χ0v) is 26.3. The Morgan fingerprint density at radius 1 is 1.07 bits per heavy atom. The number of aliphatic hydroxyl groups is 1. The number of rotatable bonds is 9. The lowest BCUT2D eigenvalue weighted by molar-refractivity contribution is -0.158. The van der Waals surface area contributed by atoms with Gasteiger partial charge < -0.3 is 24.5 Å². The smallest absolute Gasteiger partial charge is 0.417 e. The maximum Gasteiger partial charge on any atom is 0.417 e. The lowest BCUT2D eigenvalue weighted by atomic mass is 9.99. The Labute approximate surface area is 264 Å². The van der Waals surface area contributed by atoms with E-state index in [1.165, 1.54) is 23.5 Å². The van der Waals surface area contributed by atoms with Gasteiger partial charge in [-0.25, -0.2) is 9.18 Å². The van der Waals surface area contributed by atoms with Crippen LogP contribution in [0.4, 0.5) is 17.6 Å². The van der Waals surface area contributed by atoms with Gasteiger partial charge in [-0.2, -0.15) is 18.3 Å². The highest BCUT2D eigenvalue weighted by molar-refractivity contribution is 7.99. The Morgan fingerprint density at radius 2 is 1.80 bits per heavy atom. The van der Waals surface area contributed by atoms with E-state index in [0.717, 1.165) is 56.6 Å². The van der Waals surface area contributed by atoms with E-state index >= 15 is 0 Å². The third kappa shape index (κ3) is 8.38. The van der Waals surface area contributed by atoms with E-state index < -0.39 is 35.9 Å². The van der Waals surface area contributed by atoms with Gasteiger partial charge in [-0.05, 0) is 50.9 Å². The maximum absolute atomic E-state index is 14.1. The van der Waals surface area contributed by atoms with Gasteiger partial charge in [-0.3, -0.25) is 9.48 Å². The minimum atomic E-state index is -4.56. The molecule has 1 aromatic heterocycles. The van der Waals surface area contributed by atoms with Gasteiger partial charge in [-0.15, -0.1) is 11.8 Å². The number of amides is 1. The van der Waals surface area contributed by atoms with E-state index in [2.05, 4.69) is 14.5 Å². The van der Waals surface area contributed by atoms with Crippen LogP contribution in [-0.4, -0.2) is 112 Å². The summed E-state index contributed by atoms with van der Waals surface area (Å²) in [4.78, 5) is 30.4. The van der Waals surface area contributed by atoms with Crippen molar-refractivity contribution in [1.82, 2.24) is 24.5 Å². The maximum atomic E-state index is 14.1. The summed E-state index contributed by atoms with van der Waals surface area (Å²) in [5.41, 5.74) is 1.54. The predicted molar refractivity (Wildman–Crippen MR) is 161 cm³/mol. The molecule has 0 spiro atoms. The van der Waals surface area contributed by atoms with Crippen LogP contribution in [-0.2, 0) is 40.0 Å². The lowest BCUT2D eigenvalue weighted by Gasteiger charge is -2.29. The van der Waals surface area contributed by atoms with Crippen molar-refractivity contribution < 1.29 is 37.0 Å². The molecule has 1 aromatic carbocycles. The lowest BCUT2D eigenvalue weighted by Crippen LogP contribution is -2.41. The van der Waals surface area contributed by atoms with Crippen LogP contribution < -0.4 is 0 Å². The van der Waals surface area contributed by atoms with E-state index in [4.69, 9.17) is 5.10 Å². The fourth-order valence-electron chi connectivity index (χ4n) is 6.39. The zero-order chi connectivity index (χ0) is 32.1. The summed E-state index contributed by atoms with van der Waals surface area (Å²) >= 11 is 1.10. The van der Waals surface area contributed by atoms with Crippen LogP contribution in [0, 0.1) is 0 Å². The van der Waals surface area contributed by atoms with Crippen molar-refractivity contribution in [2.75, 3.05) is 58.7 Å². The van der Waals surface area contributed by atoms with Crippen molar-refractivity contribution in [3.63, 3.8) is 0 Å². The first kappa shape index (κ1) is 33.7. The monoisotopic (exact) mass is 655 g/mol. The number of aliphatic hydroxyl groups excluding tert-OH is 1. The van der Waals surface area contributed by atoms with Crippen molar-refractivity contribution >= 4 is 23.6 Å². The van der Waals surface area contributed by atoms with Gasteiger partial charge in [0.2, 0.25) is 0 Å². The first-order valence-electron chi connectivity index (χ1n) is 15.6. The highest BCUT2D eigenvalue weighted by atomic mass is 32.2. The second-order valence-corrected chi connectivity index (χ2v) is 13.1. The highest BCUT2D eigenvalue weighted by Gasteiger charge is 2.35. The van der Waals surface area contributed by atoms with Crippen LogP contribution in [0.15, 0.2) is 23.1 Å². The van der Waals surface area contributed by atoms with E-state index in [1.54, 1.807) is 4.68 Å². The summed E-state index contributed by atoms with van der Waals surface area (Å²) in [6.45, 7) is 4.51. The number of piperidine rings is 2. The van der Waals surface area contributed by atoms with Gasteiger partial charge in [0.05, 0.1) is 37.6 Å². The van der Waals surface area contributed by atoms with E-state index in [9.17, 15) is 32.3 Å². The second kappa shape index (κ2) is 14.8. The van der Waals surface area contributed by atoms with Gasteiger partial charge in [0.15, 0.2) is 0 Å². The molecule has 5 rings (SSSR count). The molecule has 0 bridgehead atoms. The standard InChI is InChI=1S/C31H41F4N5O4S/c1-44-30(43)29(42)39-14-9-26-24(20-39)28(36-40(26)19-23(41)18-38-10-3-2-4-11-38)21-5-6-25(31(33,34)35)27(17-21)45-16-15-37-12-7-22(32)8-13-37/h5-6,17,22-23,41H,2-4,7-16,18-20H2,1H3. The first-order valence-corrected chi connectivity index (χ1v) is 16.6. The molecule has 1 unspecified atom stereocenters. The Kier molecular flexibility index (Phi) is 11.1. The van der Waals surface area contributed by atoms with Gasteiger partial charge in [0.1, 0.15) is 6.17 Å². The average Bonchev–Trinajstić information content (AvgIpc) is 3.38. The molecule has 1 atom stereocenters. The third-order valence-corrected chi connectivity index (χ3v) is 9.86. The molecule has 3 aliphatic heterocycles. The number of likely N-dealkylation sites (tertiary alicyclic amines) is 2. The fourth-order valence-corrected chi connectivity index (χ4v) is 7.51. The molecule has 4 heterocycles. The number of ether oxygens (including phenoxy) is 1. The molecule has 0 aliphatic carbocycles. The van der Waals surface area contributed by atoms with E-state index in [0.29, 0.717) is 68.0 Å². The normalized spacial score (nSPS) is 19.4. The van der Waals surface area contributed by atoms with Crippen LogP contribution in [0.5, 0.6) is 0 Å². The number of β-amino-alcohol motifs (C(OH)–C–C–N with tert-alkyl or cyclic N) is 1. The quantitative estimate of drug-likeness (QED) is 0.188. The number of alkyl halides is 4. The number of hydrogen-bond acceptors (Lipinski definition) is 8. The van der Waals surface area contributed by atoms with Crippen molar-refractivity contribution in [2.24, 2.45) is 0 Å². The topological polar surface area (TPSA) is 91.1 Å². The molecular formula is C31H41F4N5O4S. The molecule has 2 aromatic rings. The summed E-state index contributed by atoms with van der Waals surface area (Å²) in [5.74, 6) is -1.39. The number of aromatic nitrogens is 2. The molecule has 1 N–H and O–H groups in total. The van der Waals surface area contributed by atoms with Gasteiger partial charge in [-0.1, -0.05) is 12.5 Å². The summed E-state index contributed by atoms with van der Waals surface area (Å²) in [6, 6.07) is 3.93. The third-order valence-electron chi connectivity index (χ3n) is 8.83. The van der Waals surface area contributed by atoms with Crippen LogP contribution in [0.1, 0.15) is 48.9 Å². The highest BCUT2D eigenvalue weighted by Crippen LogP contribution is 2.40. The summed E-state index contributed by atoms with van der Waals surface area (Å²) < 4.78 is 62.1. The number of esters is 1. The number of halogens is 4. The molecule has 9 nitrogen and oxygen atoms in total. The molecule has 14 heteroatoms.